The Morgan fingerprint density at radius 3 is 2.41 bits per heavy atom. The van der Waals surface area contributed by atoms with E-state index in [0.717, 1.165) is 44.9 Å². The smallest absolute Gasteiger partial charge is 0 e. The quantitative estimate of drug-likeness (QED) is 0.242. The Kier molecular flexibility index (Phi) is 9.76. The minimum Gasteiger partial charge on any atom is -0.544 e. The molecule has 0 aromatic rings. The molecule has 5 aliphatic carbocycles. The van der Waals surface area contributed by atoms with Crippen molar-refractivity contribution in [2.45, 2.75) is 105 Å². The Hall–Kier alpha value is 1.75. The first-order chi connectivity index (χ1) is 14.4. The van der Waals surface area contributed by atoms with Crippen LogP contribution in [0.15, 0.2) is 11.6 Å². The van der Waals surface area contributed by atoms with Gasteiger partial charge in [-0.2, -0.15) is 19.3 Å². The van der Waals surface area contributed by atoms with Crippen molar-refractivity contribution in [1.29, 1.82) is 0 Å². The van der Waals surface area contributed by atoms with E-state index in [1.807, 2.05) is 0 Å². The van der Waals surface area contributed by atoms with Crippen LogP contribution in [-0.4, -0.2) is 17.5 Å². The Morgan fingerprint density at radius 2 is 1.76 bits per heavy atom. The molecule has 8 atom stereocenters. The minimum absolute atomic E-state index is 0. The fourth-order valence-electron chi connectivity index (χ4n) is 9.53. The maximum absolute atomic E-state index is 12.4. The first kappa shape index (κ1) is 32.0. The molecule has 5 heteroatoms. The molecule has 5 rings (SSSR count). The van der Waals surface area contributed by atoms with E-state index in [1.54, 1.807) is 5.57 Å². The fourth-order valence-corrected chi connectivity index (χ4v) is 9.53. The van der Waals surface area contributed by atoms with Crippen LogP contribution in [0.3, 0.4) is 0 Å². The first-order valence-electron chi connectivity index (χ1n) is 12.9. The van der Waals surface area contributed by atoms with Crippen LogP contribution in [0.4, 0.5) is 0 Å². The number of allylic oxidation sites excluding steroid dienone is 2. The van der Waals surface area contributed by atoms with Gasteiger partial charge in [-0.15, -0.1) is 0 Å². The molecule has 0 amide bonds. The van der Waals surface area contributed by atoms with Crippen LogP contribution in [0.5, 0.6) is 0 Å². The van der Waals surface area contributed by atoms with E-state index in [0.29, 0.717) is 23.2 Å². The standard InChI is InChI=1S/C29H43O2.V.W.Y/c1-19-20-9-12-28(6)24(26(20,4)11-10-23(19)31)8-7-21-22-17-25(2,3)13-15-29(22,18-30)16-14-27(21,28)5;;;/h7,16,20,22-24,31H,8-15,17H2,1-6H3;;;/q-3;;;/t20-,22?,23-,24?,26?,27+,28-,29+;;;/m0.../s1. The summed E-state index contributed by atoms with van der Waals surface area (Å²) in [6, 6.07) is 0. The molecule has 0 bridgehead atoms. The van der Waals surface area contributed by atoms with Crippen molar-refractivity contribution in [1.82, 2.24) is 0 Å². The van der Waals surface area contributed by atoms with Gasteiger partial charge in [0.1, 0.15) is 0 Å². The molecule has 0 saturated heterocycles. The molecular weight excluding hydrogens is 704 g/mol. The summed E-state index contributed by atoms with van der Waals surface area (Å²) in [5.41, 5.74) is 2.20. The summed E-state index contributed by atoms with van der Waals surface area (Å²) in [7, 11) is 0. The summed E-state index contributed by atoms with van der Waals surface area (Å²) < 4.78 is 0. The Bertz CT molecular complexity index is 816. The van der Waals surface area contributed by atoms with Gasteiger partial charge in [-0.25, -0.2) is 0 Å². The molecule has 0 aliphatic heterocycles. The monoisotopic (exact) mass is 747 g/mol. The molecule has 34 heavy (non-hydrogen) atoms. The molecule has 2 nitrogen and oxygen atoms in total. The van der Waals surface area contributed by atoms with Crippen LogP contribution < -0.4 is 0 Å². The molecule has 1 N–H and O–H groups in total. The molecule has 2 radical (unpaired) electrons. The fraction of sp³-hybridized carbons (Fsp3) is 0.828. The summed E-state index contributed by atoms with van der Waals surface area (Å²) in [6.45, 7) is 14.7. The van der Waals surface area contributed by atoms with Crippen LogP contribution in [0, 0.1) is 57.2 Å². The van der Waals surface area contributed by atoms with E-state index in [2.05, 4.69) is 60.3 Å². The van der Waals surface area contributed by atoms with Crippen molar-refractivity contribution in [2.24, 2.45) is 44.8 Å². The molecule has 0 heterocycles. The van der Waals surface area contributed by atoms with Crippen LogP contribution >= 0.6 is 0 Å². The molecule has 0 spiro atoms. The van der Waals surface area contributed by atoms with Gasteiger partial charge in [0.2, 0.25) is 0 Å². The van der Waals surface area contributed by atoms with E-state index in [9.17, 15) is 9.90 Å². The van der Waals surface area contributed by atoms with Crippen molar-refractivity contribution in [3.63, 3.8) is 0 Å². The zero-order valence-electron chi connectivity index (χ0n) is 22.1. The summed E-state index contributed by atoms with van der Waals surface area (Å²) in [6.07, 6.45) is 17.3. The van der Waals surface area contributed by atoms with E-state index < -0.39 is 0 Å². The molecule has 5 aliphatic rings. The minimum atomic E-state index is -0.357. The van der Waals surface area contributed by atoms with E-state index in [-0.39, 0.29) is 100 Å². The maximum atomic E-state index is 12.4. The predicted octanol–water partition coefficient (Wildman–Crippen LogP) is 6.63. The molecule has 188 valence electrons. The number of hydrogen-bond donors (Lipinski definition) is 1. The van der Waals surface area contributed by atoms with E-state index in [1.165, 1.54) is 18.8 Å². The number of rotatable bonds is 1. The SMILES string of the molecule is C[C-]1[C@@H](O)CCC2(C)C3CC=C4C5CC(C)(C)CC[C@]5([C-]=O)[CH-]C[C@@]4(C)[C@@]3(C)CC[C@@H]12.[V].[W].[Y]. The topological polar surface area (TPSA) is 37.3 Å². The van der Waals surface area contributed by atoms with Crippen LogP contribution in [0.25, 0.3) is 0 Å². The van der Waals surface area contributed by atoms with Gasteiger partial charge in [0.05, 0.1) is 0 Å². The molecule has 3 unspecified atom stereocenters. The van der Waals surface area contributed by atoms with Crippen LogP contribution in [-0.2, 0) is 77.1 Å². The van der Waals surface area contributed by atoms with Crippen LogP contribution in [0.1, 0.15) is 99.3 Å². The normalized spacial score (nSPS) is 49.2. The molecule has 4 fully saturated rings. The molecular formula is C29H43O2VWY-3. The van der Waals surface area contributed by atoms with Gasteiger partial charge in [0.25, 0.3) is 0 Å². The second-order valence-corrected chi connectivity index (χ2v) is 13.6. The van der Waals surface area contributed by atoms with E-state index in [4.69, 9.17) is 0 Å². The largest absolute Gasteiger partial charge is 0.544 e. The van der Waals surface area contributed by atoms with Gasteiger partial charge in [0, 0.05) is 72.3 Å². The predicted molar refractivity (Wildman–Crippen MR) is 126 cm³/mol. The number of aliphatic hydroxyl groups excluding tert-OH is 1. The third-order valence-corrected chi connectivity index (χ3v) is 11.9. The van der Waals surface area contributed by atoms with Crippen LogP contribution in [0.2, 0.25) is 0 Å². The second kappa shape index (κ2) is 10.4. The second-order valence-electron chi connectivity index (χ2n) is 13.6. The van der Waals surface area contributed by atoms with Gasteiger partial charge in [-0.3, -0.25) is 17.6 Å². The van der Waals surface area contributed by atoms with Gasteiger partial charge in [-0.05, 0) is 47.8 Å². The third kappa shape index (κ3) is 4.30. The number of aliphatic hydroxyl groups is 1. The average Bonchev–Trinajstić information content (AvgIpc) is 2.71. The first-order valence-corrected chi connectivity index (χ1v) is 12.9. The van der Waals surface area contributed by atoms with Crippen molar-refractivity contribution >= 4 is 6.29 Å². The third-order valence-electron chi connectivity index (χ3n) is 11.9. The number of carbonyl (C=O) groups excluding carboxylic acids is 1. The van der Waals surface area contributed by atoms with Crippen molar-refractivity contribution in [3.8, 4) is 0 Å². The number of hydrogen-bond acceptors (Lipinski definition) is 2. The molecule has 4 saturated carbocycles. The Labute approximate surface area is 260 Å². The Balaban J connectivity index is 0.00000136. The average molecular weight is 747 g/mol. The maximum Gasteiger partial charge on any atom is 0 e. The zero-order valence-corrected chi connectivity index (χ0v) is 29.3. The summed E-state index contributed by atoms with van der Waals surface area (Å²) in [4.78, 5) is 12.4. The van der Waals surface area contributed by atoms with Crippen molar-refractivity contribution in [2.75, 3.05) is 0 Å². The van der Waals surface area contributed by atoms with Gasteiger partial charge in [-0.1, -0.05) is 89.4 Å². The van der Waals surface area contributed by atoms with Crippen molar-refractivity contribution in [3.05, 3.63) is 24.0 Å². The zero-order chi connectivity index (χ0) is 22.4. The molecule has 0 aromatic carbocycles. The summed E-state index contributed by atoms with van der Waals surface area (Å²) >= 11 is 0. The Morgan fingerprint density at radius 1 is 1.09 bits per heavy atom. The van der Waals surface area contributed by atoms with Crippen molar-refractivity contribution < 1.29 is 82.2 Å². The van der Waals surface area contributed by atoms with E-state index >= 15 is 0 Å². The van der Waals surface area contributed by atoms with Gasteiger partial charge >= 0.3 is 0 Å². The van der Waals surface area contributed by atoms with Gasteiger partial charge in [0.15, 0.2) is 0 Å². The van der Waals surface area contributed by atoms with Gasteiger partial charge < -0.3 is 16.3 Å². The summed E-state index contributed by atoms with van der Waals surface area (Å²) in [5.74, 6) is 2.87. The number of fused-ring (bicyclic) bond motifs is 7. The molecule has 0 aromatic heterocycles. The summed E-state index contributed by atoms with van der Waals surface area (Å²) in [5, 5.41) is 10.6.